The first-order valence-electron chi connectivity index (χ1n) is 9.51. The molecule has 1 aliphatic rings. The molecule has 2 aromatic carbocycles. The Morgan fingerprint density at radius 3 is 2.45 bits per heavy atom. The van der Waals surface area contributed by atoms with Crippen LogP contribution in [0.5, 0.6) is 5.75 Å². The van der Waals surface area contributed by atoms with Gasteiger partial charge in [0, 0.05) is 19.2 Å². The highest BCUT2D eigenvalue weighted by Crippen LogP contribution is 2.30. The fourth-order valence-corrected chi connectivity index (χ4v) is 4.56. The number of hydrogen-bond donors (Lipinski definition) is 1. The van der Waals surface area contributed by atoms with Gasteiger partial charge in [-0.25, -0.2) is 8.42 Å². The molecule has 1 heterocycles. The van der Waals surface area contributed by atoms with Gasteiger partial charge in [-0.3, -0.25) is 19.6 Å². The number of morpholine rings is 1. The number of anilines is 1. The fourth-order valence-electron chi connectivity index (χ4n) is 3.46. The first kappa shape index (κ1) is 22.5. The van der Waals surface area contributed by atoms with E-state index in [9.17, 15) is 23.3 Å². The molecule has 11 heteroatoms. The van der Waals surface area contributed by atoms with Gasteiger partial charge in [0.1, 0.15) is 0 Å². The Labute approximate surface area is 180 Å². The minimum absolute atomic E-state index is 0.0601. The maximum absolute atomic E-state index is 13.1. The summed E-state index contributed by atoms with van der Waals surface area (Å²) in [7, 11) is -2.95. The van der Waals surface area contributed by atoms with Gasteiger partial charge in [-0.15, -0.1) is 0 Å². The normalized spacial score (nSPS) is 19.0. The van der Waals surface area contributed by atoms with Crippen molar-refractivity contribution < 1.29 is 27.6 Å². The molecule has 0 aliphatic carbocycles. The predicted molar refractivity (Wildman–Crippen MR) is 113 cm³/mol. The lowest BCUT2D eigenvalue weighted by Crippen LogP contribution is -2.48. The van der Waals surface area contributed by atoms with E-state index in [1.54, 1.807) is 17.0 Å². The molecule has 1 amide bonds. The molecule has 2 atom stereocenters. The van der Waals surface area contributed by atoms with Gasteiger partial charge in [-0.1, -0.05) is 12.1 Å². The molecule has 166 valence electrons. The highest BCUT2D eigenvalue weighted by atomic mass is 32.2. The van der Waals surface area contributed by atoms with E-state index in [0.29, 0.717) is 13.1 Å². The van der Waals surface area contributed by atoms with E-state index in [2.05, 4.69) is 4.72 Å². The van der Waals surface area contributed by atoms with Crippen molar-refractivity contribution in [3.63, 3.8) is 0 Å². The highest BCUT2D eigenvalue weighted by molar-refractivity contribution is 7.92. The molecule has 1 fully saturated rings. The van der Waals surface area contributed by atoms with Gasteiger partial charge in [0.15, 0.2) is 5.75 Å². The number of nitrogens with one attached hydrogen (secondary N) is 1. The van der Waals surface area contributed by atoms with Crippen LogP contribution in [0.4, 0.5) is 11.4 Å². The fraction of sp³-hybridized carbons (Fsp3) is 0.350. The second-order valence-corrected chi connectivity index (χ2v) is 8.89. The number of nitro groups is 1. The minimum atomic E-state index is -4.21. The van der Waals surface area contributed by atoms with Gasteiger partial charge >= 0.3 is 5.69 Å². The number of rotatable bonds is 6. The van der Waals surface area contributed by atoms with Crippen molar-refractivity contribution in [3.8, 4) is 5.75 Å². The largest absolute Gasteiger partial charge is 0.490 e. The van der Waals surface area contributed by atoms with Crippen LogP contribution < -0.4 is 9.46 Å². The van der Waals surface area contributed by atoms with Crippen LogP contribution in [0.2, 0.25) is 0 Å². The lowest BCUT2D eigenvalue weighted by atomic mass is 10.1. The third-order valence-corrected chi connectivity index (χ3v) is 6.13. The van der Waals surface area contributed by atoms with Crippen LogP contribution in [-0.4, -0.2) is 56.6 Å². The van der Waals surface area contributed by atoms with E-state index in [4.69, 9.17) is 9.47 Å². The third kappa shape index (κ3) is 4.94. The van der Waals surface area contributed by atoms with E-state index in [1.165, 1.54) is 31.4 Å². The van der Waals surface area contributed by atoms with Gasteiger partial charge in [0.2, 0.25) is 0 Å². The summed E-state index contributed by atoms with van der Waals surface area (Å²) in [5.74, 6) is -0.393. The number of hydrogen-bond acceptors (Lipinski definition) is 7. The van der Waals surface area contributed by atoms with Crippen LogP contribution >= 0.6 is 0 Å². The summed E-state index contributed by atoms with van der Waals surface area (Å²) in [6, 6.07) is 9.55. The summed E-state index contributed by atoms with van der Waals surface area (Å²) in [5.41, 5.74) is -0.223. The van der Waals surface area contributed by atoms with Crippen molar-refractivity contribution in [2.24, 2.45) is 0 Å². The summed E-state index contributed by atoms with van der Waals surface area (Å²) in [6.07, 6.45) is -0.284. The van der Waals surface area contributed by atoms with Gasteiger partial charge in [0.05, 0.1) is 40.4 Å². The van der Waals surface area contributed by atoms with E-state index in [-0.39, 0.29) is 40.0 Å². The zero-order valence-corrected chi connectivity index (χ0v) is 18.1. The average molecular weight is 449 g/mol. The van der Waals surface area contributed by atoms with Gasteiger partial charge < -0.3 is 14.4 Å². The molecule has 10 nitrogen and oxygen atoms in total. The van der Waals surface area contributed by atoms with Crippen molar-refractivity contribution in [1.29, 1.82) is 0 Å². The highest BCUT2D eigenvalue weighted by Gasteiger charge is 2.29. The van der Waals surface area contributed by atoms with Crippen molar-refractivity contribution >= 4 is 27.3 Å². The number of carbonyl (C=O) groups is 1. The topological polar surface area (TPSA) is 128 Å². The number of benzene rings is 2. The monoisotopic (exact) mass is 449 g/mol. The molecule has 1 saturated heterocycles. The summed E-state index contributed by atoms with van der Waals surface area (Å²) >= 11 is 0. The van der Waals surface area contributed by atoms with E-state index in [0.717, 1.165) is 6.07 Å². The van der Waals surface area contributed by atoms with Gasteiger partial charge in [0.25, 0.3) is 15.9 Å². The van der Waals surface area contributed by atoms with Crippen LogP contribution in [0.15, 0.2) is 47.4 Å². The molecular weight excluding hydrogens is 426 g/mol. The SMILES string of the molecule is COc1ccc(S(=O)(=O)Nc2ccccc2C(=O)N2CC(C)OC(C)C2)cc1[N+](=O)[O-]. The van der Waals surface area contributed by atoms with Crippen LogP contribution in [0, 0.1) is 10.1 Å². The standard InChI is InChI=1S/C20H23N3O7S/c1-13-11-22(12-14(2)30-13)20(24)16-6-4-5-7-17(16)21-31(27,28)15-8-9-19(29-3)18(10-15)23(25)26/h4-10,13-14,21H,11-12H2,1-3H3. The third-order valence-electron chi connectivity index (χ3n) is 4.77. The molecule has 1 N–H and O–H groups in total. The predicted octanol–water partition coefficient (Wildman–Crippen LogP) is 2.65. The van der Waals surface area contributed by atoms with Crippen LogP contribution in [0.1, 0.15) is 24.2 Å². The lowest BCUT2D eigenvalue weighted by molar-refractivity contribution is -0.386. The van der Waals surface area contributed by atoms with E-state index >= 15 is 0 Å². The van der Waals surface area contributed by atoms with Gasteiger partial charge in [-0.2, -0.15) is 0 Å². The quantitative estimate of drug-likeness (QED) is 0.530. The Morgan fingerprint density at radius 2 is 1.84 bits per heavy atom. The van der Waals surface area contributed by atoms with E-state index in [1.807, 2.05) is 13.8 Å². The van der Waals surface area contributed by atoms with Crippen LogP contribution in [0.25, 0.3) is 0 Å². The molecule has 2 unspecified atom stereocenters. The number of ether oxygens (including phenoxy) is 2. The number of para-hydroxylation sites is 1. The number of carbonyl (C=O) groups excluding carboxylic acids is 1. The zero-order chi connectivity index (χ0) is 22.8. The van der Waals surface area contributed by atoms with Crippen molar-refractivity contribution in [2.45, 2.75) is 31.0 Å². The zero-order valence-electron chi connectivity index (χ0n) is 17.3. The average Bonchev–Trinajstić information content (AvgIpc) is 2.72. The molecule has 0 saturated carbocycles. The number of methoxy groups -OCH3 is 1. The molecule has 0 bridgehead atoms. The smallest absolute Gasteiger partial charge is 0.312 e. The number of sulfonamides is 1. The Hall–Kier alpha value is -3.18. The maximum Gasteiger partial charge on any atom is 0.312 e. The van der Waals surface area contributed by atoms with Gasteiger partial charge in [-0.05, 0) is 38.1 Å². The summed E-state index contributed by atoms with van der Waals surface area (Å²) in [5, 5.41) is 11.2. The summed E-state index contributed by atoms with van der Waals surface area (Å²) in [4.78, 5) is 24.9. The number of nitrogens with zero attached hydrogens (tertiary/aromatic N) is 2. The molecular formula is C20H23N3O7S. The Bertz CT molecular complexity index is 1090. The van der Waals surface area contributed by atoms with Crippen molar-refractivity contribution in [1.82, 2.24) is 4.90 Å². The first-order valence-corrected chi connectivity index (χ1v) is 11.0. The van der Waals surface area contributed by atoms with E-state index < -0.39 is 20.6 Å². The lowest BCUT2D eigenvalue weighted by Gasteiger charge is -2.35. The molecule has 3 rings (SSSR count). The maximum atomic E-state index is 13.1. The molecule has 0 aromatic heterocycles. The Balaban J connectivity index is 1.92. The molecule has 1 aliphatic heterocycles. The molecule has 2 aromatic rings. The molecule has 31 heavy (non-hydrogen) atoms. The molecule has 0 spiro atoms. The Morgan fingerprint density at radius 1 is 1.19 bits per heavy atom. The second-order valence-electron chi connectivity index (χ2n) is 7.21. The minimum Gasteiger partial charge on any atom is -0.490 e. The first-order chi connectivity index (χ1) is 14.6. The van der Waals surface area contributed by atoms with Crippen molar-refractivity contribution in [2.75, 3.05) is 24.9 Å². The van der Waals surface area contributed by atoms with Crippen LogP contribution in [-0.2, 0) is 14.8 Å². The number of nitro benzene ring substituents is 1. The summed E-state index contributed by atoms with van der Waals surface area (Å²) < 4.78 is 38.8. The summed E-state index contributed by atoms with van der Waals surface area (Å²) in [6.45, 7) is 4.49. The van der Waals surface area contributed by atoms with Crippen LogP contribution in [0.3, 0.4) is 0 Å². The second kappa shape index (κ2) is 8.90. The molecule has 0 radical (unpaired) electrons. The number of amides is 1. The van der Waals surface area contributed by atoms with Crippen molar-refractivity contribution in [3.05, 3.63) is 58.1 Å². The Kier molecular flexibility index (Phi) is 6.46.